The average Bonchev–Trinajstić information content (AvgIpc) is 2.90. The summed E-state index contributed by atoms with van der Waals surface area (Å²) >= 11 is 0. The van der Waals surface area contributed by atoms with Crippen molar-refractivity contribution in [1.82, 2.24) is 9.55 Å². The number of rotatable bonds is 2. The molecule has 0 unspecified atom stereocenters. The molecule has 1 aromatic heterocycles. The van der Waals surface area contributed by atoms with Crippen molar-refractivity contribution < 1.29 is 0 Å². The highest BCUT2D eigenvalue weighted by Crippen LogP contribution is 2.27. The van der Waals surface area contributed by atoms with Gasteiger partial charge in [-0.3, -0.25) is 0 Å². The maximum Gasteiger partial charge on any atom is 0.109 e. The van der Waals surface area contributed by atoms with Gasteiger partial charge in [-0.15, -0.1) is 0 Å². The number of aromatic nitrogens is 2. The molecule has 0 atom stereocenters. The second-order valence-electron chi connectivity index (χ2n) is 5.10. The number of imidazole rings is 1. The molecule has 2 nitrogen and oxygen atoms in total. The topological polar surface area (TPSA) is 17.8 Å². The number of nitrogens with zero attached hydrogens (tertiary/aromatic N) is 2. The Bertz CT molecular complexity index is 538. The van der Waals surface area contributed by atoms with E-state index in [9.17, 15) is 0 Å². The molecule has 0 N–H and O–H groups in total. The van der Waals surface area contributed by atoms with Crippen LogP contribution in [-0.4, -0.2) is 9.55 Å². The summed E-state index contributed by atoms with van der Waals surface area (Å²) < 4.78 is 2.36. The van der Waals surface area contributed by atoms with Crippen LogP contribution in [0.1, 0.15) is 37.6 Å². The van der Waals surface area contributed by atoms with Crippen LogP contribution in [0.15, 0.2) is 30.5 Å². The van der Waals surface area contributed by atoms with E-state index in [0.29, 0.717) is 5.92 Å². The summed E-state index contributed by atoms with van der Waals surface area (Å²) in [6.45, 7) is 5.59. The predicted molar refractivity (Wildman–Crippen MR) is 70.1 cm³/mol. The summed E-state index contributed by atoms with van der Waals surface area (Å²) in [5.74, 6) is 1.82. The Labute approximate surface area is 102 Å². The summed E-state index contributed by atoms with van der Waals surface area (Å²) in [6, 6.07) is 8.84. The van der Waals surface area contributed by atoms with Crippen LogP contribution >= 0.6 is 0 Å². The first-order valence-electron chi connectivity index (χ1n) is 6.40. The van der Waals surface area contributed by atoms with Gasteiger partial charge in [-0.25, -0.2) is 4.98 Å². The van der Waals surface area contributed by atoms with E-state index in [1.807, 2.05) is 6.20 Å². The third-order valence-corrected chi connectivity index (χ3v) is 3.57. The molecule has 0 saturated carbocycles. The van der Waals surface area contributed by atoms with E-state index in [4.69, 9.17) is 0 Å². The highest BCUT2D eigenvalue weighted by Gasteiger charge is 2.16. The Kier molecular flexibility index (Phi) is 2.50. The van der Waals surface area contributed by atoms with Gasteiger partial charge in [-0.05, 0) is 24.0 Å². The quantitative estimate of drug-likeness (QED) is 0.764. The van der Waals surface area contributed by atoms with Crippen molar-refractivity contribution in [2.24, 2.45) is 0 Å². The molecule has 1 aliphatic heterocycles. The average molecular weight is 226 g/mol. The van der Waals surface area contributed by atoms with Crippen molar-refractivity contribution in [1.29, 1.82) is 0 Å². The van der Waals surface area contributed by atoms with Crippen molar-refractivity contribution in [2.75, 3.05) is 0 Å². The first-order chi connectivity index (χ1) is 8.25. The third kappa shape index (κ3) is 1.78. The lowest BCUT2D eigenvalue weighted by Crippen LogP contribution is -1.96. The van der Waals surface area contributed by atoms with Crippen LogP contribution in [0, 0.1) is 0 Å². The predicted octanol–water partition coefficient (Wildman–Crippen LogP) is 3.62. The fraction of sp³-hybridized carbons (Fsp3) is 0.400. The molecule has 0 saturated heterocycles. The lowest BCUT2D eigenvalue weighted by molar-refractivity contribution is 0.755. The zero-order valence-corrected chi connectivity index (χ0v) is 10.5. The zero-order chi connectivity index (χ0) is 11.8. The molecule has 2 aromatic rings. The molecule has 1 aliphatic rings. The fourth-order valence-electron chi connectivity index (χ4n) is 2.55. The van der Waals surface area contributed by atoms with Gasteiger partial charge < -0.3 is 4.57 Å². The Morgan fingerprint density at radius 2 is 2.18 bits per heavy atom. The molecule has 1 aromatic carbocycles. The van der Waals surface area contributed by atoms with E-state index < -0.39 is 0 Å². The minimum atomic E-state index is 0.580. The molecule has 0 bridgehead atoms. The molecule has 2 heterocycles. The Hall–Kier alpha value is -1.57. The van der Waals surface area contributed by atoms with Gasteiger partial charge in [0.25, 0.3) is 0 Å². The summed E-state index contributed by atoms with van der Waals surface area (Å²) in [5.41, 5.74) is 3.98. The number of hydrogen-bond acceptors (Lipinski definition) is 1. The summed E-state index contributed by atoms with van der Waals surface area (Å²) in [6.07, 6.45) is 4.39. The van der Waals surface area contributed by atoms with E-state index in [2.05, 4.69) is 47.7 Å². The van der Waals surface area contributed by atoms with Crippen molar-refractivity contribution >= 4 is 0 Å². The number of aryl methyl sites for hydroxylation is 1. The molecule has 88 valence electrons. The Morgan fingerprint density at radius 1 is 1.29 bits per heavy atom. The van der Waals surface area contributed by atoms with E-state index in [0.717, 1.165) is 13.0 Å². The molecule has 0 aliphatic carbocycles. The number of fused-ring (bicyclic) bond motifs is 1. The van der Waals surface area contributed by atoms with Crippen LogP contribution in [-0.2, 0) is 13.0 Å². The SMILES string of the molecule is CC(C)c1cccc(-c2cnc3n2CCC3)c1. The van der Waals surface area contributed by atoms with E-state index in [1.165, 1.54) is 29.1 Å². The van der Waals surface area contributed by atoms with Gasteiger partial charge in [-0.1, -0.05) is 32.0 Å². The second kappa shape index (κ2) is 4.02. The van der Waals surface area contributed by atoms with Gasteiger partial charge >= 0.3 is 0 Å². The van der Waals surface area contributed by atoms with Crippen molar-refractivity contribution in [3.8, 4) is 11.3 Å². The van der Waals surface area contributed by atoms with E-state index in [1.54, 1.807) is 0 Å². The third-order valence-electron chi connectivity index (χ3n) is 3.57. The monoisotopic (exact) mass is 226 g/mol. The minimum absolute atomic E-state index is 0.580. The molecule has 0 radical (unpaired) electrons. The van der Waals surface area contributed by atoms with Crippen LogP contribution in [0.4, 0.5) is 0 Å². The van der Waals surface area contributed by atoms with Gasteiger partial charge in [0.15, 0.2) is 0 Å². The van der Waals surface area contributed by atoms with E-state index >= 15 is 0 Å². The normalized spacial score (nSPS) is 14.3. The summed E-state index contributed by atoms with van der Waals surface area (Å²) in [5, 5.41) is 0. The molecule has 0 amide bonds. The first-order valence-corrected chi connectivity index (χ1v) is 6.40. The standard InChI is InChI=1S/C15H18N2/c1-11(2)12-5-3-6-13(9-12)14-10-16-15-7-4-8-17(14)15/h3,5-6,9-11H,4,7-8H2,1-2H3. The fourth-order valence-corrected chi connectivity index (χ4v) is 2.55. The summed E-state index contributed by atoms with van der Waals surface area (Å²) in [7, 11) is 0. The number of hydrogen-bond donors (Lipinski definition) is 0. The van der Waals surface area contributed by atoms with Crippen LogP contribution in [0.5, 0.6) is 0 Å². The molecule has 3 rings (SSSR count). The Morgan fingerprint density at radius 3 is 3.00 bits per heavy atom. The number of benzene rings is 1. The largest absolute Gasteiger partial charge is 0.328 e. The molecule has 0 spiro atoms. The highest BCUT2D eigenvalue weighted by atomic mass is 15.1. The molecule has 0 fully saturated rings. The smallest absolute Gasteiger partial charge is 0.109 e. The highest BCUT2D eigenvalue weighted by molar-refractivity contribution is 5.61. The molecule has 17 heavy (non-hydrogen) atoms. The first kappa shape index (κ1) is 10.6. The van der Waals surface area contributed by atoms with Crippen molar-refractivity contribution in [2.45, 2.75) is 39.2 Å². The van der Waals surface area contributed by atoms with Gasteiger partial charge in [-0.2, -0.15) is 0 Å². The minimum Gasteiger partial charge on any atom is -0.328 e. The maximum absolute atomic E-state index is 4.51. The van der Waals surface area contributed by atoms with E-state index in [-0.39, 0.29) is 0 Å². The molecular formula is C15H18N2. The lowest BCUT2D eigenvalue weighted by Gasteiger charge is -2.09. The van der Waals surface area contributed by atoms with Crippen LogP contribution < -0.4 is 0 Å². The van der Waals surface area contributed by atoms with Crippen LogP contribution in [0.3, 0.4) is 0 Å². The van der Waals surface area contributed by atoms with Gasteiger partial charge in [0.1, 0.15) is 5.82 Å². The van der Waals surface area contributed by atoms with Crippen LogP contribution in [0.2, 0.25) is 0 Å². The van der Waals surface area contributed by atoms with Gasteiger partial charge in [0, 0.05) is 18.5 Å². The maximum atomic E-state index is 4.51. The summed E-state index contributed by atoms with van der Waals surface area (Å²) in [4.78, 5) is 4.51. The van der Waals surface area contributed by atoms with Gasteiger partial charge in [0.2, 0.25) is 0 Å². The Balaban J connectivity index is 2.06. The van der Waals surface area contributed by atoms with Crippen molar-refractivity contribution in [3.63, 3.8) is 0 Å². The van der Waals surface area contributed by atoms with Crippen molar-refractivity contribution in [3.05, 3.63) is 41.9 Å². The molecule has 2 heteroatoms. The van der Waals surface area contributed by atoms with Gasteiger partial charge in [0.05, 0.1) is 11.9 Å². The lowest BCUT2D eigenvalue weighted by atomic mass is 10.00. The zero-order valence-electron chi connectivity index (χ0n) is 10.5. The second-order valence-corrected chi connectivity index (χ2v) is 5.10. The van der Waals surface area contributed by atoms with Crippen LogP contribution in [0.25, 0.3) is 11.3 Å². The molecular weight excluding hydrogens is 208 g/mol.